The predicted octanol–water partition coefficient (Wildman–Crippen LogP) is 4.80. The van der Waals surface area contributed by atoms with Gasteiger partial charge in [-0.2, -0.15) is 0 Å². The molecule has 1 aromatic carbocycles. The van der Waals surface area contributed by atoms with Crippen LogP contribution in [0.1, 0.15) is 44.7 Å². The zero-order valence-electron chi connectivity index (χ0n) is 12.2. The van der Waals surface area contributed by atoms with Gasteiger partial charge in [-0.1, -0.05) is 37.6 Å². The van der Waals surface area contributed by atoms with Crippen molar-refractivity contribution in [2.45, 2.75) is 46.2 Å². The molecule has 108 valence electrons. The van der Waals surface area contributed by atoms with E-state index in [1.54, 1.807) is 0 Å². The third-order valence-electron chi connectivity index (χ3n) is 2.87. The molecule has 0 aliphatic carbocycles. The van der Waals surface area contributed by atoms with E-state index in [1.807, 2.05) is 26.0 Å². The molecule has 4 heteroatoms. The summed E-state index contributed by atoms with van der Waals surface area (Å²) in [5.74, 6) is 0. The zero-order valence-corrected chi connectivity index (χ0v) is 13.1. The Labute approximate surface area is 116 Å². The molecule has 0 radical (unpaired) electrons. The molecule has 0 heterocycles. The first kappa shape index (κ1) is 16.4. The summed E-state index contributed by atoms with van der Waals surface area (Å²) in [6.07, 6.45) is 3.86. The fourth-order valence-electron chi connectivity index (χ4n) is 1.94. The van der Waals surface area contributed by atoms with Crippen LogP contribution in [-0.4, -0.2) is 13.2 Å². The molecule has 0 aliphatic heterocycles. The van der Waals surface area contributed by atoms with Crippen molar-refractivity contribution in [3.8, 4) is 0 Å². The van der Waals surface area contributed by atoms with Crippen LogP contribution in [0.4, 0.5) is 0 Å². The second kappa shape index (κ2) is 8.52. The van der Waals surface area contributed by atoms with E-state index in [4.69, 9.17) is 9.05 Å². The smallest absolute Gasteiger partial charge is 0.309 e. The van der Waals surface area contributed by atoms with E-state index in [1.165, 1.54) is 18.4 Å². The highest BCUT2D eigenvalue weighted by Gasteiger charge is 2.23. The Balaban J connectivity index is 2.66. The van der Waals surface area contributed by atoms with Crippen molar-refractivity contribution < 1.29 is 13.6 Å². The van der Waals surface area contributed by atoms with Gasteiger partial charge in [0.15, 0.2) is 0 Å². The minimum atomic E-state index is -2.98. The summed E-state index contributed by atoms with van der Waals surface area (Å²) in [5, 5.41) is 0. The molecule has 3 nitrogen and oxygen atoms in total. The van der Waals surface area contributed by atoms with Crippen LogP contribution < -0.4 is 0 Å². The van der Waals surface area contributed by atoms with E-state index >= 15 is 0 Å². The molecule has 0 atom stereocenters. The van der Waals surface area contributed by atoms with E-state index in [0.717, 1.165) is 12.0 Å². The highest BCUT2D eigenvalue weighted by Crippen LogP contribution is 2.51. The van der Waals surface area contributed by atoms with Gasteiger partial charge in [0.1, 0.15) is 0 Å². The number of hydrogen-bond donors (Lipinski definition) is 0. The van der Waals surface area contributed by atoms with Crippen molar-refractivity contribution in [2.75, 3.05) is 13.2 Å². The first-order valence-corrected chi connectivity index (χ1v) is 8.82. The van der Waals surface area contributed by atoms with E-state index in [-0.39, 0.29) is 0 Å². The zero-order chi connectivity index (χ0) is 14.1. The monoisotopic (exact) mass is 284 g/mol. The van der Waals surface area contributed by atoms with E-state index in [9.17, 15) is 4.57 Å². The van der Waals surface area contributed by atoms with Gasteiger partial charge in [-0.25, -0.2) is 0 Å². The first-order chi connectivity index (χ1) is 9.13. The lowest BCUT2D eigenvalue weighted by Crippen LogP contribution is -1.99. The number of rotatable bonds is 9. The van der Waals surface area contributed by atoms with Crippen molar-refractivity contribution >= 4 is 7.60 Å². The van der Waals surface area contributed by atoms with Gasteiger partial charge in [0.2, 0.25) is 0 Å². The summed E-state index contributed by atoms with van der Waals surface area (Å²) < 4.78 is 23.0. The Morgan fingerprint density at radius 1 is 0.947 bits per heavy atom. The quantitative estimate of drug-likeness (QED) is 0.611. The topological polar surface area (TPSA) is 35.5 Å². The summed E-state index contributed by atoms with van der Waals surface area (Å²) in [6.45, 7) is 6.67. The highest BCUT2D eigenvalue weighted by atomic mass is 31.2. The second-order valence-corrected chi connectivity index (χ2v) is 6.58. The lowest BCUT2D eigenvalue weighted by molar-refractivity contribution is 0.219. The summed E-state index contributed by atoms with van der Waals surface area (Å²) >= 11 is 0. The largest absolute Gasteiger partial charge is 0.335 e. The minimum absolute atomic E-state index is 0.350. The molecule has 1 rings (SSSR count). The van der Waals surface area contributed by atoms with Crippen LogP contribution in [0.5, 0.6) is 0 Å². The van der Waals surface area contributed by atoms with E-state index in [2.05, 4.69) is 19.1 Å². The summed E-state index contributed by atoms with van der Waals surface area (Å²) in [6, 6.07) is 8.26. The fourth-order valence-corrected chi connectivity index (χ4v) is 3.64. The highest BCUT2D eigenvalue weighted by molar-refractivity contribution is 7.53. The van der Waals surface area contributed by atoms with Gasteiger partial charge in [-0.3, -0.25) is 4.57 Å². The van der Waals surface area contributed by atoms with Gasteiger partial charge in [0.25, 0.3) is 0 Å². The van der Waals surface area contributed by atoms with Gasteiger partial charge in [0.05, 0.1) is 19.4 Å². The van der Waals surface area contributed by atoms with Crippen LogP contribution in [0.15, 0.2) is 24.3 Å². The number of unbranched alkanes of at least 4 members (excludes halogenated alkanes) is 1. The molecule has 0 amide bonds. The average Bonchev–Trinajstić information content (AvgIpc) is 2.38. The molecule has 0 saturated carbocycles. The average molecular weight is 284 g/mol. The molecule has 0 fully saturated rings. The Morgan fingerprint density at radius 3 is 1.95 bits per heavy atom. The van der Waals surface area contributed by atoms with Gasteiger partial charge in [-0.05, 0) is 37.8 Å². The van der Waals surface area contributed by atoms with E-state index < -0.39 is 7.60 Å². The Hall–Kier alpha value is -0.630. The van der Waals surface area contributed by atoms with Crippen molar-refractivity contribution in [1.29, 1.82) is 0 Å². The van der Waals surface area contributed by atoms with Gasteiger partial charge in [0, 0.05) is 0 Å². The van der Waals surface area contributed by atoms with Crippen molar-refractivity contribution in [1.82, 2.24) is 0 Å². The van der Waals surface area contributed by atoms with E-state index in [0.29, 0.717) is 19.4 Å². The number of benzene rings is 1. The number of aryl methyl sites for hydroxylation is 1. The van der Waals surface area contributed by atoms with Crippen molar-refractivity contribution in [3.05, 3.63) is 35.4 Å². The lowest BCUT2D eigenvalue weighted by Gasteiger charge is -2.17. The Kier molecular flexibility index (Phi) is 7.37. The molecule has 0 N–H and O–H groups in total. The molecule has 19 heavy (non-hydrogen) atoms. The SMILES string of the molecule is CCCCc1ccc(CP(=O)(OCC)OCC)cc1. The molecule has 0 bridgehead atoms. The van der Waals surface area contributed by atoms with Crippen LogP contribution in [0, 0.1) is 0 Å². The number of hydrogen-bond acceptors (Lipinski definition) is 3. The van der Waals surface area contributed by atoms with Crippen LogP contribution in [-0.2, 0) is 26.2 Å². The normalized spacial score (nSPS) is 11.7. The third-order valence-corrected chi connectivity index (χ3v) is 4.93. The standard InChI is InChI=1S/C15H25O3P/c1-4-7-8-14-9-11-15(12-10-14)13-19(16,17-5-2)18-6-3/h9-12H,4-8,13H2,1-3H3. The molecule has 0 unspecified atom stereocenters. The molecule has 0 saturated heterocycles. The fraction of sp³-hybridized carbons (Fsp3) is 0.600. The molecule has 0 aromatic heterocycles. The van der Waals surface area contributed by atoms with Gasteiger partial charge in [-0.15, -0.1) is 0 Å². The minimum Gasteiger partial charge on any atom is -0.309 e. The van der Waals surface area contributed by atoms with Crippen LogP contribution >= 0.6 is 7.60 Å². The summed E-state index contributed by atoms with van der Waals surface area (Å²) in [5.41, 5.74) is 2.33. The summed E-state index contributed by atoms with van der Waals surface area (Å²) in [7, 11) is -2.98. The predicted molar refractivity (Wildman–Crippen MR) is 79.6 cm³/mol. The Bertz CT molecular complexity index is 390. The van der Waals surface area contributed by atoms with Crippen molar-refractivity contribution in [2.24, 2.45) is 0 Å². The molecular weight excluding hydrogens is 259 g/mol. The molecular formula is C15H25O3P. The first-order valence-electron chi connectivity index (χ1n) is 7.09. The molecule has 0 aliphatic rings. The maximum Gasteiger partial charge on any atom is 0.335 e. The van der Waals surface area contributed by atoms with Crippen LogP contribution in [0.25, 0.3) is 0 Å². The van der Waals surface area contributed by atoms with Crippen LogP contribution in [0.3, 0.4) is 0 Å². The molecule has 1 aromatic rings. The van der Waals surface area contributed by atoms with Crippen molar-refractivity contribution in [3.63, 3.8) is 0 Å². The Morgan fingerprint density at radius 2 is 1.47 bits per heavy atom. The van der Waals surface area contributed by atoms with Gasteiger partial charge < -0.3 is 9.05 Å². The lowest BCUT2D eigenvalue weighted by atomic mass is 10.1. The second-order valence-electron chi connectivity index (χ2n) is 4.52. The maximum atomic E-state index is 12.4. The molecule has 0 spiro atoms. The third kappa shape index (κ3) is 5.90. The maximum absolute atomic E-state index is 12.4. The summed E-state index contributed by atoms with van der Waals surface area (Å²) in [4.78, 5) is 0. The van der Waals surface area contributed by atoms with Gasteiger partial charge >= 0.3 is 7.60 Å². The van der Waals surface area contributed by atoms with Crippen LogP contribution in [0.2, 0.25) is 0 Å².